The van der Waals surface area contributed by atoms with Crippen molar-refractivity contribution in [3.8, 4) is 0 Å². The molecule has 0 spiro atoms. The Morgan fingerprint density at radius 3 is 2.57 bits per heavy atom. The summed E-state index contributed by atoms with van der Waals surface area (Å²) in [5.74, 6) is 0. The number of aryl methyl sites for hydroxylation is 1. The molecule has 0 aromatic heterocycles. The molecule has 1 aliphatic carbocycles. The highest BCUT2D eigenvalue weighted by atomic mass is 15.1. The molecule has 1 aromatic carbocycles. The number of anilines is 1. The van der Waals surface area contributed by atoms with E-state index in [1.54, 1.807) is 5.56 Å². The molecule has 1 aromatic rings. The number of hydrogen-bond acceptors (Lipinski definition) is 2. The Labute approximate surface area is 129 Å². The highest BCUT2D eigenvalue weighted by Gasteiger charge is 2.33. The molecule has 2 aliphatic rings. The highest BCUT2D eigenvalue weighted by Crippen LogP contribution is 2.38. The van der Waals surface area contributed by atoms with Crippen molar-refractivity contribution in [2.24, 2.45) is 5.41 Å². The van der Waals surface area contributed by atoms with Crippen LogP contribution in [0.5, 0.6) is 0 Å². The summed E-state index contributed by atoms with van der Waals surface area (Å²) in [6.45, 7) is 3.65. The van der Waals surface area contributed by atoms with Crippen LogP contribution in [-0.2, 0) is 6.42 Å². The molecule has 1 N–H and O–H groups in total. The van der Waals surface area contributed by atoms with Crippen LogP contribution in [-0.4, -0.2) is 26.7 Å². The van der Waals surface area contributed by atoms with Crippen molar-refractivity contribution >= 4 is 5.69 Å². The molecule has 0 atom stereocenters. The van der Waals surface area contributed by atoms with E-state index in [9.17, 15) is 0 Å². The molecule has 3 rings (SSSR count). The summed E-state index contributed by atoms with van der Waals surface area (Å²) in [4.78, 5) is 2.68. The van der Waals surface area contributed by atoms with E-state index >= 15 is 0 Å². The fraction of sp³-hybridized carbons (Fsp3) is 0.684. The van der Waals surface area contributed by atoms with E-state index < -0.39 is 0 Å². The maximum atomic E-state index is 3.49. The molecule has 0 amide bonds. The highest BCUT2D eigenvalue weighted by molar-refractivity contribution is 5.55. The minimum atomic E-state index is 0.482. The van der Waals surface area contributed by atoms with Gasteiger partial charge in [0.05, 0.1) is 0 Å². The number of para-hydroxylation sites is 1. The Morgan fingerprint density at radius 1 is 1.05 bits per heavy atom. The van der Waals surface area contributed by atoms with Gasteiger partial charge in [-0.1, -0.05) is 43.9 Å². The summed E-state index contributed by atoms with van der Waals surface area (Å²) in [5, 5.41) is 3.49. The molecule has 1 fully saturated rings. The molecule has 0 radical (unpaired) electrons. The van der Waals surface area contributed by atoms with Crippen molar-refractivity contribution in [3.05, 3.63) is 29.8 Å². The van der Waals surface area contributed by atoms with E-state index in [0.29, 0.717) is 5.41 Å². The van der Waals surface area contributed by atoms with Crippen LogP contribution in [0, 0.1) is 5.41 Å². The quantitative estimate of drug-likeness (QED) is 0.842. The molecule has 0 saturated heterocycles. The van der Waals surface area contributed by atoms with Gasteiger partial charge in [-0.05, 0) is 44.4 Å². The number of hydrogen-bond donors (Lipinski definition) is 1. The van der Waals surface area contributed by atoms with E-state index in [1.165, 1.54) is 76.7 Å². The first-order chi connectivity index (χ1) is 10.3. The monoisotopic (exact) mass is 286 g/mol. The van der Waals surface area contributed by atoms with Gasteiger partial charge in [-0.3, -0.25) is 0 Å². The summed E-state index contributed by atoms with van der Waals surface area (Å²) >= 11 is 0. The second kappa shape index (κ2) is 6.83. The Bertz CT molecular complexity index is 447. The van der Waals surface area contributed by atoms with Crippen molar-refractivity contribution in [2.75, 3.05) is 31.6 Å². The Balaban J connectivity index is 1.80. The normalized spacial score (nSPS) is 21.7. The molecule has 0 bridgehead atoms. The van der Waals surface area contributed by atoms with E-state index in [2.05, 4.69) is 41.5 Å². The lowest BCUT2D eigenvalue weighted by Gasteiger charge is -2.41. The van der Waals surface area contributed by atoms with Crippen LogP contribution in [0.25, 0.3) is 0 Å². The minimum Gasteiger partial charge on any atom is -0.371 e. The van der Waals surface area contributed by atoms with Gasteiger partial charge in [-0.15, -0.1) is 0 Å². The zero-order valence-electron chi connectivity index (χ0n) is 13.5. The standard InChI is InChI=1S/C19H30N2/c1-20-15-19(12-6-2-3-7-13-19)16-21-14-8-10-17-9-4-5-11-18(17)21/h4-5,9,11,20H,2-3,6-8,10,12-16H2,1H3. The van der Waals surface area contributed by atoms with E-state index in [1.807, 2.05) is 0 Å². The lowest BCUT2D eigenvalue weighted by molar-refractivity contribution is 0.241. The van der Waals surface area contributed by atoms with E-state index in [0.717, 1.165) is 0 Å². The number of nitrogens with one attached hydrogen (secondary N) is 1. The van der Waals surface area contributed by atoms with Crippen LogP contribution < -0.4 is 10.2 Å². The first-order valence-electron chi connectivity index (χ1n) is 8.80. The van der Waals surface area contributed by atoms with Crippen LogP contribution >= 0.6 is 0 Å². The molecule has 21 heavy (non-hydrogen) atoms. The van der Waals surface area contributed by atoms with Gasteiger partial charge in [0.25, 0.3) is 0 Å². The van der Waals surface area contributed by atoms with Gasteiger partial charge in [0.2, 0.25) is 0 Å². The van der Waals surface area contributed by atoms with Crippen LogP contribution in [0.4, 0.5) is 5.69 Å². The average Bonchev–Trinajstić information content (AvgIpc) is 2.74. The molecular formula is C19H30N2. The molecular weight excluding hydrogens is 256 g/mol. The summed E-state index contributed by atoms with van der Waals surface area (Å²) in [6.07, 6.45) is 11.1. The van der Waals surface area contributed by atoms with Gasteiger partial charge >= 0.3 is 0 Å². The maximum Gasteiger partial charge on any atom is 0.0398 e. The van der Waals surface area contributed by atoms with Gasteiger partial charge in [0.1, 0.15) is 0 Å². The SMILES string of the molecule is CNCC1(CN2CCCc3ccccc32)CCCCCC1. The zero-order valence-corrected chi connectivity index (χ0v) is 13.5. The third-order valence-corrected chi connectivity index (χ3v) is 5.45. The largest absolute Gasteiger partial charge is 0.371 e. The smallest absolute Gasteiger partial charge is 0.0398 e. The van der Waals surface area contributed by atoms with Crippen molar-refractivity contribution in [3.63, 3.8) is 0 Å². The first kappa shape index (κ1) is 14.9. The van der Waals surface area contributed by atoms with Crippen molar-refractivity contribution in [2.45, 2.75) is 51.4 Å². The molecule has 116 valence electrons. The number of rotatable bonds is 4. The lowest BCUT2D eigenvalue weighted by atomic mass is 9.79. The van der Waals surface area contributed by atoms with Gasteiger partial charge < -0.3 is 10.2 Å². The maximum absolute atomic E-state index is 3.49. The Kier molecular flexibility index (Phi) is 4.84. The molecule has 2 heteroatoms. The lowest BCUT2D eigenvalue weighted by Crippen LogP contribution is -2.45. The van der Waals surface area contributed by atoms with Crippen LogP contribution in [0.1, 0.15) is 50.5 Å². The third-order valence-electron chi connectivity index (χ3n) is 5.45. The fourth-order valence-corrected chi connectivity index (χ4v) is 4.43. The zero-order chi connectivity index (χ0) is 14.5. The summed E-state index contributed by atoms with van der Waals surface area (Å²) in [5.41, 5.74) is 3.54. The van der Waals surface area contributed by atoms with Gasteiger partial charge in [-0.2, -0.15) is 0 Å². The van der Waals surface area contributed by atoms with Crippen molar-refractivity contribution in [1.82, 2.24) is 5.32 Å². The van der Waals surface area contributed by atoms with Gasteiger partial charge in [-0.25, -0.2) is 0 Å². The number of nitrogens with zero attached hydrogens (tertiary/aromatic N) is 1. The Hall–Kier alpha value is -1.02. The van der Waals surface area contributed by atoms with Crippen molar-refractivity contribution < 1.29 is 0 Å². The van der Waals surface area contributed by atoms with Gasteiger partial charge in [0, 0.05) is 30.7 Å². The van der Waals surface area contributed by atoms with Crippen LogP contribution in [0.15, 0.2) is 24.3 Å². The van der Waals surface area contributed by atoms with E-state index in [4.69, 9.17) is 0 Å². The van der Waals surface area contributed by atoms with Crippen LogP contribution in [0.2, 0.25) is 0 Å². The third kappa shape index (κ3) is 3.42. The van der Waals surface area contributed by atoms with Crippen LogP contribution in [0.3, 0.4) is 0 Å². The molecule has 1 heterocycles. The topological polar surface area (TPSA) is 15.3 Å². The molecule has 1 aliphatic heterocycles. The van der Waals surface area contributed by atoms with Gasteiger partial charge in [0.15, 0.2) is 0 Å². The summed E-state index contributed by atoms with van der Waals surface area (Å²) < 4.78 is 0. The second-order valence-corrected chi connectivity index (χ2v) is 7.10. The first-order valence-corrected chi connectivity index (χ1v) is 8.80. The molecule has 0 unspecified atom stereocenters. The Morgan fingerprint density at radius 2 is 1.81 bits per heavy atom. The fourth-order valence-electron chi connectivity index (χ4n) is 4.43. The molecule has 2 nitrogen and oxygen atoms in total. The minimum absolute atomic E-state index is 0.482. The predicted molar refractivity (Wildman–Crippen MR) is 91.0 cm³/mol. The predicted octanol–water partition coefficient (Wildman–Crippen LogP) is 4.00. The average molecular weight is 286 g/mol. The van der Waals surface area contributed by atoms with E-state index in [-0.39, 0.29) is 0 Å². The molecule has 1 saturated carbocycles. The summed E-state index contributed by atoms with van der Waals surface area (Å²) in [6, 6.07) is 9.05. The summed E-state index contributed by atoms with van der Waals surface area (Å²) in [7, 11) is 2.12. The second-order valence-electron chi connectivity index (χ2n) is 7.10. The van der Waals surface area contributed by atoms with Crippen molar-refractivity contribution in [1.29, 1.82) is 0 Å². The number of fused-ring (bicyclic) bond motifs is 1. The number of benzene rings is 1.